The maximum absolute atomic E-state index is 5.53. The molecule has 22 heavy (non-hydrogen) atoms. The molecule has 0 bridgehead atoms. The van der Waals surface area contributed by atoms with Crippen LogP contribution in [0.5, 0.6) is 11.5 Å². The third-order valence-corrected chi connectivity index (χ3v) is 3.93. The second-order valence-electron chi connectivity index (χ2n) is 4.69. The molecule has 1 aromatic carbocycles. The molecule has 6 heteroatoms. The molecule has 124 valence electrons. The van der Waals surface area contributed by atoms with Gasteiger partial charge >= 0.3 is 0 Å². The van der Waals surface area contributed by atoms with E-state index in [-0.39, 0.29) is 0 Å². The molecule has 2 N–H and O–H groups in total. The van der Waals surface area contributed by atoms with Crippen molar-refractivity contribution in [1.82, 2.24) is 5.32 Å². The minimum atomic E-state index is 0.491. The Morgan fingerprint density at radius 2 is 2.09 bits per heavy atom. The Morgan fingerprint density at radius 3 is 2.68 bits per heavy atom. The lowest BCUT2D eigenvalue weighted by Gasteiger charge is -2.15. The van der Waals surface area contributed by atoms with Crippen LogP contribution in [0.1, 0.15) is 20.8 Å². The Balaban J connectivity index is 2.84. The second kappa shape index (κ2) is 10.2. The molecule has 0 heterocycles. The quantitative estimate of drug-likeness (QED) is 0.568. The summed E-state index contributed by atoms with van der Waals surface area (Å²) in [6.07, 6.45) is 2.10. The van der Waals surface area contributed by atoms with Gasteiger partial charge in [-0.2, -0.15) is 11.8 Å². The van der Waals surface area contributed by atoms with Crippen molar-refractivity contribution in [2.75, 3.05) is 38.4 Å². The van der Waals surface area contributed by atoms with Gasteiger partial charge in [0.25, 0.3) is 0 Å². The monoisotopic (exact) mass is 325 g/mol. The first-order valence-electron chi connectivity index (χ1n) is 7.53. The minimum Gasteiger partial charge on any atom is -0.493 e. The molecule has 1 rings (SSSR count). The van der Waals surface area contributed by atoms with Crippen LogP contribution in [0.15, 0.2) is 23.2 Å². The summed E-state index contributed by atoms with van der Waals surface area (Å²) in [5, 5.41) is 7.03. The summed E-state index contributed by atoms with van der Waals surface area (Å²) in [6, 6.07) is 5.77. The van der Waals surface area contributed by atoms with Crippen LogP contribution < -0.4 is 20.1 Å². The number of benzene rings is 1. The van der Waals surface area contributed by atoms with E-state index < -0.39 is 0 Å². The molecule has 0 aromatic heterocycles. The fourth-order valence-electron chi connectivity index (χ4n) is 1.76. The smallest absolute Gasteiger partial charge is 0.195 e. The number of methoxy groups -OCH3 is 1. The molecule has 0 spiro atoms. The summed E-state index contributed by atoms with van der Waals surface area (Å²) in [6.45, 7) is 8.36. The molecule has 1 unspecified atom stereocenters. The third kappa shape index (κ3) is 6.05. The van der Waals surface area contributed by atoms with Gasteiger partial charge in [0.15, 0.2) is 17.5 Å². The van der Waals surface area contributed by atoms with E-state index in [4.69, 9.17) is 9.47 Å². The molecule has 0 aliphatic carbocycles. The number of anilines is 1. The highest BCUT2D eigenvalue weighted by atomic mass is 32.2. The highest BCUT2D eigenvalue weighted by molar-refractivity contribution is 7.99. The van der Waals surface area contributed by atoms with Crippen LogP contribution in [-0.2, 0) is 0 Å². The molecule has 5 nitrogen and oxygen atoms in total. The first-order valence-corrected chi connectivity index (χ1v) is 8.82. The number of hydrogen-bond acceptors (Lipinski definition) is 4. The van der Waals surface area contributed by atoms with Crippen LogP contribution in [-0.4, -0.2) is 44.3 Å². The van der Waals surface area contributed by atoms with Gasteiger partial charge in [-0.1, -0.05) is 6.92 Å². The van der Waals surface area contributed by atoms with Crippen LogP contribution in [0.2, 0.25) is 0 Å². The molecular formula is C16H27N3O2S. The van der Waals surface area contributed by atoms with Crippen molar-refractivity contribution in [2.45, 2.75) is 26.0 Å². The van der Waals surface area contributed by atoms with E-state index in [0.717, 1.165) is 30.5 Å². The third-order valence-electron chi connectivity index (χ3n) is 2.98. The number of ether oxygens (including phenoxy) is 2. The molecule has 0 saturated carbocycles. The number of guanidine groups is 1. The Morgan fingerprint density at radius 1 is 1.32 bits per heavy atom. The number of rotatable bonds is 8. The number of hydrogen-bond donors (Lipinski definition) is 2. The Hall–Kier alpha value is -1.56. The molecule has 0 amide bonds. The van der Waals surface area contributed by atoms with Crippen LogP contribution in [0, 0.1) is 0 Å². The largest absolute Gasteiger partial charge is 0.493 e. The minimum absolute atomic E-state index is 0.491. The fourth-order valence-corrected chi connectivity index (χ4v) is 1.98. The number of nitrogens with one attached hydrogen (secondary N) is 2. The molecule has 0 aliphatic rings. The predicted octanol–water partition coefficient (Wildman–Crippen LogP) is 3.22. The predicted molar refractivity (Wildman–Crippen MR) is 96.7 cm³/mol. The van der Waals surface area contributed by atoms with E-state index >= 15 is 0 Å². The Kier molecular flexibility index (Phi) is 8.58. The van der Waals surface area contributed by atoms with Crippen LogP contribution in [0.3, 0.4) is 0 Å². The van der Waals surface area contributed by atoms with Crippen molar-refractivity contribution in [2.24, 2.45) is 4.99 Å². The average molecular weight is 325 g/mol. The van der Waals surface area contributed by atoms with Crippen molar-refractivity contribution in [3.05, 3.63) is 18.2 Å². The summed E-state index contributed by atoms with van der Waals surface area (Å²) >= 11 is 1.81. The molecular weight excluding hydrogens is 298 g/mol. The van der Waals surface area contributed by atoms with Crippen molar-refractivity contribution in [3.63, 3.8) is 0 Å². The van der Waals surface area contributed by atoms with E-state index in [1.807, 2.05) is 32.0 Å². The van der Waals surface area contributed by atoms with Gasteiger partial charge in [0.05, 0.1) is 20.3 Å². The van der Waals surface area contributed by atoms with Crippen LogP contribution in [0.4, 0.5) is 5.69 Å². The zero-order valence-electron chi connectivity index (χ0n) is 14.1. The summed E-state index contributed by atoms with van der Waals surface area (Å²) in [5.74, 6) is 2.23. The normalized spacial score (nSPS) is 12.7. The van der Waals surface area contributed by atoms with E-state index in [2.05, 4.69) is 28.8 Å². The Labute approximate surface area is 137 Å². The molecule has 0 saturated heterocycles. The standard InChI is InChI=1S/C16H27N3O2S/c1-6-17-16(18-11-12(3)22-5)19-13-8-9-14(21-7-2)15(10-13)20-4/h8-10,12H,6-7,11H2,1-5H3,(H2,17,18,19). The van der Waals surface area contributed by atoms with Crippen molar-refractivity contribution >= 4 is 23.4 Å². The first kappa shape index (κ1) is 18.5. The van der Waals surface area contributed by atoms with Gasteiger partial charge in [-0.15, -0.1) is 0 Å². The second-order valence-corrected chi connectivity index (χ2v) is 5.97. The van der Waals surface area contributed by atoms with Crippen LogP contribution >= 0.6 is 11.8 Å². The lowest BCUT2D eigenvalue weighted by molar-refractivity contribution is 0.311. The van der Waals surface area contributed by atoms with Gasteiger partial charge in [0, 0.05) is 23.5 Å². The lowest BCUT2D eigenvalue weighted by atomic mass is 10.2. The topological polar surface area (TPSA) is 54.9 Å². The number of aliphatic imine (C=N–C) groups is 1. The van der Waals surface area contributed by atoms with Gasteiger partial charge < -0.3 is 20.1 Å². The molecule has 0 aliphatic heterocycles. The van der Waals surface area contributed by atoms with E-state index in [0.29, 0.717) is 17.6 Å². The summed E-state index contributed by atoms with van der Waals surface area (Å²) in [5.41, 5.74) is 0.914. The maximum Gasteiger partial charge on any atom is 0.195 e. The molecule has 1 atom stereocenters. The zero-order chi connectivity index (χ0) is 16.4. The van der Waals surface area contributed by atoms with E-state index in [1.165, 1.54) is 0 Å². The summed E-state index contributed by atoms with van der Waals surface area (Å²) in [7, 11) is 1.64. The molecule has 0 radical (unpaired) electrons. The van der Waals surface area contributed by atoms with E-state index in [9.17, 15) is 0 Å². The molecule has 1 aromatic rings. The first-order chi connectivity index (χ1) is 10.6. The van der Waals surface area contributed by atoms with Gasteiger partial charge in [-0.25, -0.2) is 0 Å². The maximum atomic E-state index is 5.53. The van der Waals surface area contributed by atoms with E-state index in [1.54, 1.807) is 18.9 Å². The van der Waals surface area contributed by atoms with Gasteiger partial charge in [0.2, 0.25) is 0 Å². The van der Waals surface area contributed by atoms with Crippen molar-refractivity contribution in [3.8, 4) is 11.5 Å². The average Bonchev–Trinajstić information content (AvgIpc) is 2.54. The highest BCUT2D eigenvalue weighted by Gasteiger charge is 2.07. The Bertz CT molecular complexity index is 480. The number of thioether (sulfide) groups is 1. The highest BCUT2D eigenvalue weighted by Crippen LogP contribution is 2.30. The zero-order valence-corrected chi connectivity index (χ0v) is 14.9. The fraction of sp³-hybridized carbons (Fsp3) is 0.562. The molecule has 0 fully saturated rings. The van der Waals surface area contributed by atoms with Gasteiger partial charge in [-0.05, 0) is 32.2 Å². The lowest BCUT2D eigenvalue weighted by Crippen LogP contribution is -2.31. The SMILES string of the molecule is CCNC(=NCC(C)SC)Nc1ccc(OCC)c(OC)c1. The van der Waals surface area contributed by atoms with Gasteiger partial charge in [-0.3, -0.25) is 4.99 Å². The summed E-state index contributed by atoms with van der Waals surface area (Å²) < 4.78 is 10.9. The summed E-state index contributed by atoms with van der Waals surface area (Å²) in [4.78, 5) is 4.60. The number of nitrogens with zero attached hydrogens (tertiary/aromatic N) is 1. The van der Waals surface area contributed by atoms with Crippen molar-refractivity contribution in [1.29, 1.82) is 0 Å². The van der Waals surface area contributed by atoms with Crippen molar-refractivity contribution < 1.29 is 9.47 Å². The van der Waals surface area contributed by atoms with Gasteiger partial charge in [0.1, 0.15) is 0 Å². The van der Waals surface area contributed by atoms with Crippen LogP contribution in [0.25, 0.3) is 0 Å².